The number of aromatic carboxylic acids is 1. The molecule has 0 aliphatic carbocycles. The first kappa shape index (κ1) is 13.2. The lowest BCUT2D eigenvalue weighted by molar-refractivity contribution is 0.0231. The van der Waals surface area contributed by atoms with Gasteiger partial charge >= 0.3 is 11.9 Å². The van der Waals surface area contributed by atoms with Crippen molar-refractivity contribution in [2.24, 2.45) is 0 Å². The van der Waals surface area contributed by atoms with Crippen molar-refractivity contribution in [2.45, 2.75) is 0 Å². The summed E-state index contributed by atoms with van der Waals surface area (Å²) >= 11 is 0. The lowest BCUT2D eigenvalue weighted by Gasteiger charge is -2.03. The molecule has 0 bridgehead atoms. The van der Waals surface area contributed by atoms with Crippen LogP contribution in [0.4, 0.5) is 0 Å². The molecule has 0 amide bonds. The van der Waals surface area contributed by atoms with E-state index >= 15 is 0 Å². The maximum atomic E-state index is 11.3. The SMILES string of the molecule is O=C(O)c1ccc(C(=O)OCCOCCO)o1. The van der Waals surface area contributed by atoms with Gasteiger partial charge < -0.3 is 24.1 Å². The average molecular weight is 244 g/mol. The van der Waals surface area contributed by atoms with Crippen molar-refractivity contribution in [3.63, 3.8) is 0 Å². The van der Waals surface area contributed by atoms with Crippen LogP contribution in [0.2, 0.25) is 0 Å². The summed E-state index contributed by atoms with van der Waals surface area (Å²) in [6, 6.07) is 2.39. The van der Waals surface area contributed by atoms with Crippen molar-refractivity contribution < 1.29 is 33.7 Å². The number of esters is 1. The molecule has 17 heavy (non-hydrogen) atoms. The Hall–Kier alpha value is -1.86. The molecule has 0 saturated carbocycles. The maximum absolute atomic E-state index is 11.3. The number of carboxylic acid groups (broad SMARTS) is 1. The van der Waals surface area contributed by atoms with E-state index < -0.39 is 11.9 Å². The molecule has 0 aromatic carbocycles. The van der Waals surface area contributed by atoms with Crippen LogP contribution < -0.4 is 0 Å². The highest BCUT2D eigenvalue weighted by Gasteiger charge is 2.15. The molecule has 0 spiro atoms. The van der Waals surface area contributed by atoms with Crippen LogP contribution in [0.15, 0.2) is 16.5 Å². The normalized spacial score (nSPS) is 10.2. The first-order valence-electron chi connectivity index (χ1n) is 4.84. The van der Waals surface area contributed by atoms with Gasteiger partial charge in [-0.1, -0.05) is 0 Å². The van der Waals surface area contributed by atoms with Gasteiger partial charge in [-0.2, -0.15) is 0 Å². The number of hydrogen-bond acceptors (Lipinski definition) is 6. The van der Waals surface area contributed by atoms with Crippen LogP contribution in [0.25, 0.3) is 0 Å². The number of carboxylic acids is 1. The van der Waals surface area contributed by atoms with Crippen LogP contribution in [0.1, 0.15) is 21.1 Å². The van der Waals surface area contributed by atoms with Crippen LogP contribution in [-0.2, 0) is 9.47 Å². The summed E-state index contributed by atoms with van der Waals surface area (Å²) in [5, 5.41) is 17.0. The van der Waals surface area contributed by atoms with E-state index in [1.54, 1.807) is 0 Å². The van der Waals surface area contributed by atoms with Crippen molar-refractivity contribution in [1.82, 2.24) is 0 Å². The van der Waals surface area contributed by atoms with E-state index in [9.17, 15) is 9.59 Å². The Morgan fingerprint density at radius 1 is 1.18 bits per heavy atom. The minimum absolute atomic E-state index is 0.00192. The molecule has 0 aliphatic rings. The van der Waals surface area contributed by atoms with E-state index in [1.807, 2.05) is 0 Å². The smallest absolute Gasteiger partial charge is 0.374 e. The van der Waals surface area contributed by atoms with Crippen molar-refractivity contribution in [3.05, 3.63) is 23.7 Å². The Bertz CT molecular complexity index is 382. The molecule has 0 unspecified atom stereocenters. The monoisotopic (exact) mass is 244 g/mol. The summed E-state index contributed by atoms with van der Waals surface area (Å²) in [6.45, 7) is 0.219. The van der Waals surface area contributed by atoms with E-state index in [0.717, 1.165) is 0 Å². The number of furan rings is 1. The van der Waals surface area contributed by atoms with Crippen molar-refractivity contribution in [1.29, 1.82) is 0 Å². The lowest BCUT2D eigenvalue weighted by atomic mass is 10.4. The van der Waals surface area contributed by atoms with Crippen LogP contribution >= 0.6 is 0 Å². The second-order valence-electron chi connectivity index (χ2n) is 2.94. The molecule has 2 N–H and O–H groups in total. The third-order valence-corrected chi connectivity index (χ3v) is 1.71. The zero-order valence-corrected chi connectivity index (χ0v) is 8.92. The minimum Gasteiger partial charge on any atom is -0.475 e. The molecule has 1 heterocycles. The Labute approximate surface area is 96.6 Å². The number of carbonyl (C=O) groups excluding carboxylic acids is 1. The zero-order valence-electron chi connectivity index (χ0n) is 8.92. The molecule has 1 aromatic rings. The van der Waals surface area contributed by atoms with E-state index in [4.69, 9.17) is 24.1 Å². The number of hydrogen-bond donors (Lipinski definition) is 2. The van der Waals surface area contributed by atoms with Gasteiger partial charge in [-0.25, -0.2) is 9.59 Å². The predicted molar refractivity (Wildman–Crippen MR) is 53.9 cm³/mol. The van der Waals surface area contributed by atoms with Crippen LogP contribution in [0, 0.1) is 0 Å². The summed E-state index contributed by atoms with van der Waals surface area (Å²) in [4.78, 5) is 21.8. The van der Waals surface area contributed by atoms with Crippen molar-refractivity contribution in [3.8, 4) is 0 Å². The topological polar surface area (TPSA) is 106 Å². The summed E-state index contributed by atoms with van der Waals surface area (Å²) in [5.74, 6) is -2.52. The predicted octanol–water partition coefficient (Wildman–Crippen LogP) is 0.144. The van der Waals surface area contributed by atoms with Gasteiger partial charge in [0.2, 0.25) is 11.5 Å². The largest absolute Gasteiger partial charge is 0.475 e. The second kappa shape index (κ2) is 6.66. The van der Waals surface area contributed by atoms with E-state index in [-0.39, 0.29) is 37.9 Å². The fraction of sp³-hybridized carbons (Fsp3) is 0.400. The molecule has 7 heteroatoms. The molecule has 0 saturated heterocycles. The Balaban J connectivity index is 2.34. The number of aliphatic hydroxyl groups excluding tert-OH is 1. The quantitative estimate of drug-likeness (QED) is 0.519. The van der Waals surface area contributed by atoms with E-state index in [1.165, 1.54) is 12.1 Å². The van der Waals surface area contributed by atoms with E-state index in [0.29, 0.717) is 0 Å². The molecule has 94 valence electrons. The van der Waals surface area contributed by atoms with Gasteiger partial charge in [-0.3, -0.25) is 0 Å². The third kappa shape index (κ3) is 4.25. The van der Waals surface area contributed by atoms with Gasteiger partial charge in [-0.05, 0) is 12.1 Å². The highest BCUT2D eigenvalue weighted by Crippen LogP contribution is 2.09. The molecule has 0 radical (unpaired) electrons. The molecule has 1 aromatic heterocycles. The van der Waals surface area contributed by atoms with Crippen LogP contribution in [0.5, 0.6) is 0 Å². The fourth-order valence-electron chi connectivity index (χ4n) is 0.994. The van der Waals surface area contributed by atoms with Crippen LogP contribution in [0.3, 0.4) is 0 Å². The molecule has 7 nitrogen and oxygen atoms in total. The molecular weight excluding hydrogens is 232 g/mol. The third-order valence-electron chi connectivity index (χ3n) is 1.71. The van der Waals surface area contributed by atoms with E-state index in [2.05, 4.69) is 0 Å². The first-order chi connectivity index (χ1) is 8.15. The summed E-state index contributed by atoms with van der Waals surface area (Å²) in [6.07, 6.45) is 0. The zero-order chi connectivity index (χ0) is 12.7. The Morgan fingerprint density at radius 3 is 2.47 bits per heavy atom. The van der Waals surface area contributed by atoms with Gasteiger partial charge in [0.25, 0.3) is 0 Å². The molecular formula is C10H12O7. The first-order valence-corrected chi connectivity index (χ1v) is 4.84. The highest BCUT2D eigenvalue weighted by atomic mass is 16.6. The van der Waals surface area contributed by atoms with Gasteiger partial charge in [0.05, 0.1) is 19.8 Å². The Morgan fingerprint density at radius 2 is 1.88 bits per heavy atom. The maximum Gasteiger partial charge on any atom is 0.374 e. The van der Waals surface area contributed by atoms with Crippen molar-refractivity contribution >= 4 is 11.9 Å². The van der Waals surface area contributed by atoms with Gasteiger partial charge in [0.1, 0.15) is 6.61 Å². The Kier molecular flexibility index (Phi) is 5.18. The summed E-state index contributed by atoms with van der Waals surface area (Å²) in [7, 11) is 0. The molecule has 0 atom stereocenters. The minimum atomic E-state index is -1.25. The summed E-state index contributed by atoms with van der Waals surface area (Å²) in [5.41, 5.74) is 0. The number of carbonyl (C=O) groups is 2. The van der Waals surface area contributed by atoms with Gasteiger partial charge in [-0.15, -0.1) is 0 Å². The number of ether oxygens (including phenoxy) is 2. The van der Waals surface area contributed by atoms with Crippen molar-refractivity contribution in [2.75, 3.05) is 26.4 Å². The van der Waals surface area contributed by atoms with Gasteiger partial charge in [0.15, 0.2) is 0 Å². The van der Waals surface area contributed by atoms with Crippen LogP contribution in [-0.4, -0.2) is 48.6 Å². The molecule has 0 fully saturated rings. The standard InChI is InChI=1S/C10H12O7/c11-3-4-15-5-6-16-10(14)8-2-1-7(17-8)9(12)13/h1-2,11H,3-6H2,(H,12,13). The molecule has 0 aliphatic heterocycles. The van der Waals surface area contributed by atoms with Gasteiger partial charge in [0, 0.05) is 0 Å². The lowest BCUT2D eigenvalue weighted by Crippen LogP contribution is -2.11. The number of rotatable bonds is 7. The summed E-state index contributed by atoms with van der Waals surface area (Å²) < 4.78 is 14.3. The molecule has 1 rings (SSSR count). The second-order valence-corrected chi connectivity index (χ2v) is 2.94. The fourth-order valence-corrected chi connectivity index (χ4v) is 0.994. The number of aliphatic hydroxyl groups is 1. The highest BCUT2D eigenvalue weighted by molar-refractivity contribution is 5.89. The average Bonchev–Trinajstić information content (AvgIpc) is 2.78.